The van der Waals surface area contributed by atoms with Gasteiger partial charge in [0.05, 0.1) is 17.2 Å². The number of carbonyl (C=O) groups excluding carboxylic acids is 2. The fourth-order valence-corrected chi connectivity index (χ4v) is 4.25. The second-order valence-electron chi connectivity index (χ2n) is 7.96. The zero-order valence-corrected chi connectivity index (χ0v) is 17.0. The summed E-state index contributed by atoms with van der Waals surface area (Å²) >= 11 is 0. The Balaban J connectivity index is 1.28. The molecule has 2 aromatic carbocycles. The predicted octanol–water partition coefficient (Wildman–Crippen LogP) is 2.54. The molecule has 3 aromatic rings. The molecule has 9 heteroatoms. The van der Waals surface area contributed by atoms with Crippen LogP contribution in [0.4, 0.5) is 4.39 Å². The van der Waals surface area contributed by atoms with Gasteiger partial charge in [-0.1, -0.05) is 12.1 Å². The Kier molecular flexibility index (Phi) is 4.72. The van der Waals surface area contributed by atoms with E-state index in [9.17, 15) is 14.0 Å². The third-order valence-corrected chi connectivity index (χ3v) is 5.96. The number of hydrogen-bond donors (Lipinski definition) is 0. The van der Waals surface area contributed by atoms with Crippen molar-refractivity contribution < 1.29 is 14.0 Å². The number of amides is 2. The molecule has 158 valence electrons. The molecule has 3 heterocycles. The zero-order valence-electron chi connectivity index (χ0n) is 17.0. The lowest BCUT2D eigenvalue weighted by Gasteiger charge is -2.31. The van der Waals surface area contributed by atoms with Crippen molar-refractivity contribution in [1.82, 2.24) is 30.0 Å². The van der Waals surface area contributed by atoms with E-state index in [0.29, 0.717) is 55.0 Å². The molecule has 31 heavy (non-hydrogen) atoms. The molecule has 0 atom stereocenters. The lowest BCUT2D eigenvalue weighted by Crippen LogP contribution is -2.40. The zero-order chi connectivity index (χ0) is 21.5. The van der Waals surface area contributed by atoms with Gasteiger partial charge in [-0.05, 0) is 54.0 Å². The SMILES string of the molecule is CN1Cc2cccc(C(=O)N3CCC(n4nnc(-c5ccc(F)cc5)n4)CC3)c2C1=O. The number of fused-ring (bicyclic) bond motifs is 1. The first-order valence-corrected chi connectivity index (χ1v) is 10.2. The van der Waals surface area contributed by atoms with Gasteiger partial charge in [-0.3, -0.25) is 9.59 Å². The molecule has 0 bridgehead atoms. The topological polar surface area (TPSA) is 84.2 Å². The Morgan fingerprint density at radius 1 is 1.10 bits per heavy atom. The van der Waals surface area contributed by atoms with Crippen LogP contribution in [0.1, 0.15) is 45.2 Å². The van der Waals surface area contributed by atoms with E-state index >= 15 is 0 Å². The largest absolute Gasteiger partial charge is 0.338 e. The van der Waals surface area contributed by atoms with Crippen molar-refractivity contribution in [3.8, 4) is 11.4 Å². The number of hydrogen-bond acceptors (Lipinski definition) is 5. The minimum atomic E-state index is -0.314. The van der Waals surface area contributed by atoms with Crippen LogP contribution in [-0.2, 0) is 6.54 Å². The number of likely N-dealkylation sites (tertiary alicyclic amines) is 1. The molecule has 0 unspecified atom stereocenters. The van der Waals surface area contributed by atoms with Gasteiger partial charge >= 0.3 is 0 Å². The molecule has 2 amide bonds. The van der Waals surface area contributed by atoms with Crippen molar-refractivity contribution in [1.29, 1.82) is 0 Å². The van der Waals surface area contributed by atoms with E-state index in [4.69, 9.17) is 0 Å². The highest BCUT2D eigenvalue weighted by atomic mass is 19.1. The first kappa shape index (κ1) is 19.3. The van der Waals surface area contributed by atoms with Gasteiger partial charge in [-0.15, -0.1) is 10.2 Å². The Labute approximate surface area is 178 Å². The summed E-state index contributed by atoms with van der Waals surface area (Å²) in [4.78, 5) is 30.6. The molecule has 1 aromatic heterocycles. The summed E-state index contributed by atoms with van der Waals surface area (Å²) in [7, 11) is 1.74. The minimum Gasteiger partial charge on any atom is -0.338 e. The Morgan fingerprint density at radius 3 is 2.58 bits per heavy atom. The van der Waals surface area contributed by atoms with Crippen molar-refractivity contribution >= 4 is 11.8 Å². The van der Waals surface area contributed by atoms with Crippen molar-refractivity contribution in [2.45, 2.75) is 25.4 Å². The fourth-order valence-electron chi connectivity index (χ4n) is 4.25. The van der Waals surface area contributed by atoms with Gasteiger partial charge in [-0.25, -0.2) is 4.39 Å². The smallest absolute Gasteiger partial charge is 0.255 e. The lowest BCUT2D eigenvalue weighted by atomic mass is 10.00. The maximum Gasteiger partial charge on any atom is 0.255 e. The maximum absolute atomic E-state index is 13.1. The Hall–Kier alpha value is -3.62. The summed E-state index contributed by atoms with van der Waals surface area (Å²) in [5, 5.41) is 12.7. The first-order valence-electron chi connectivity index (χ1n) is 10.2. The van der Waals surface area contributed by atoms with Crippen LogP contribution in [0, 0.1) is 5.82 Å². The molecule has 5 rings (SSSR count). The van der Waals surface area contributed by atoms with Crippen LogP contribution in [0.15, 0.2) is 42.5 Å². The number of rotatable bonds is 3. The summed E-state index contributed by atoms with van der Waals surface area (Å²) in [6.07, 6.45) is 1.38. The summed E-state index contributed by atoms with van der Waals surface area (Å²) in [6.45, 7) is 1.63. The number of aromatic nitrogens is 4. The van der Waals surface area contributed by atoms with E-state index in [2.05, 4.69) is 15.4 Å². The highest BCUT2D eigenvalue weighted by molar-refractivity contribution is 6.09. The number of carbonyl (C=O) groups is 2. The Morgan fingerprint density at radius 2 is 1.84 bits per heavy atom. The average Bonchev–Trinajstić information content (AvgIpc) is 3.39. The van der Waals surface area contributed by atoms with Crippen LogP contribution in [0.2, 0.25) is 0 Å². The van der Waals surface area contributed by atoms with Crippen LogP contribution in [-0.4, -0.2) is 62.0 Å². The molecule has 8 nitrogen and oxygen atoms in total. The maximum atomic E-state index is 13.1. The average molecular weight is 420 g/mol. The number of tetrazole rings is 1. The summed E-state index contributed by atoms with van der Waals surface area (Å²) in [5.41, 5.74) is 2.60. The van der Waals surface area contributed by atoms with Gasteiger partial charge in [0, 0.05) is 32.2 Å². The van der Waals surface area contributed by atoms with Gasteiger partial charge in [0.1, 0.15) is 5.82 Å². The van der Waals surface area contributed by atoms with Crippen molar-refractivity contribution in [2.24, 2.45) is 0 Å². The van der Waals surface area contributed by atoms with E-state index in [0.717, 1.165) is 5.56 Å². The summed E-state index contributed by atoms with van der Waals surface area (Å²) in [5.74, 6) is -0.0851. The summed E-state index contributed by atoms with van der Waals surface area (Å²) in [6, 6.07) is 11.5. The molecule has 0 spiro atoms. The van der Waals surface area contributed by atoms with Crippen LogP contribution in [0.3, 0.4) is 0 Å². The number of benzene rings is 2. The first-order chi connectivity index (χ1) is 15.0. The second kappa shape index (κ2) is 7.57. The van der Waals surface area contributed by atoms with E-state index < -0.39 is 0 Å². The number of nitrogens with zero attached hydrogens (tertiary/aromatic N) is 6. The van der Waals surface area contributed by atoms with Gasteiger partial charge in [-0.2, -0.15) is 4.80 Å². The number of halogens is 1. The van der Waals surface area contributed by atoms with E-state index in [1.54, 1.807) is 39.8 Å². The van der Waals surface area contributed by atoms with Crippen LogP contribution >= 0.6 is 0 Å². The van der Waals surface area contributed by atoms with Crippen molar-refractivity contribution in [3.63, 3.8) is 0 Å². The van der Waals surface area contributed by atoms with Crippen molar-refractivity contribution in [2.75, 3.05) is 20.1 Å². The highest BCUT2D eigenvalue weighted by Gasteiger charge is 2.33. The van der Waals surface area contributed by atoms with Crippen molar-refractivity contribution in [3.05, 3.63) is 65.0 Å². The van der Waals surface area contributed by atoms with E-state index in [1.807, 2.05) is 12.1 Å². The Bertz CT molecular complexity index is 1150. The lowest BCUT2D eigenvalue weighted by molar-refractivity contribution is 0.0674. The van der Waals surface area contributed by atoms with Gasteiger partial charge < -0.3 is 9.80 Å². The normalized spacial score (nSPS) is 16.6. The molecule has 2 aliphatic rings. The number of piperidine rings is 1. The van der Waals surface area contributed by atoms with E-state index in [1.165, 1.54) is 12.1 Å². The van der Waals surface area contributed by atoms with Crippen LogP contribution in [0.25, 0.3) is 11.4 Å². The monoisotopic (exact) mass is 420 g/mol. The third kappa shape index (κ3) is 3.45. The molecular weight excluding hydrogens is 399 g/mol. The third-order valence-electron chi connectivity index (χ3n) is 5.96. The molecule has 0 N–H and O–H groups in total. The van der Waals surface area contributed by atoms with Crippen LogP contribution < -0.4 is 0 Å². The van der Waals surface area contributed by atoms with E-state index in [-0.39, 0.29) is 23.7 Å². The quantitative estimate of drug-likeness (QED) is 0.650. The standard InChI is InChI=1S/C22H21FN6O2/c1-27-13-15-3-2-4-18(19(15)22(27)31)21(30)28-11-9-17(10-12-28)29-25-20(24-26-29)14-5-7-16(23)8-6-14/h2-8,17H,9-13H2,1H3. The second-order valence-corrected chi connectivity index (χ2v) is 7.96. The van der Waals surface area contributed by atoms with Gasteiger partial charge in [0.15, 0.2) is 0 Å². The fraction of sp³-hybridized carbons (Fsp3) is 0.318. The predicted molar refractivity (Wildman–Crippen MR) is 110 cm³/mol. The molecule has 1 fully saturated rings. The molecule has 1 saturated heterocycles. The van der Waals surface area contributed by atoms with Crippen LogP contribution in [0.5, 0.6) is 0 Å². The van der Waals surface area contributed by atoms with Gasteiger partial charge in [0.2, 0.25) is 5.82 Å². The molecule has 0 aliphatic carbocycles. The van der Waals surface area contributed by atoms with Gasteiger partial charge in [0.25, 0.3) is 11.8 Å². The highest BCUT2D eigenvalue weighted by Crippen LogP contribution is 2.28. The minimum absolute atomic E-state index is 0.0278. The molecular formula is C22H21FN6O2. The summed E-state index contributed by atoms with van der Waals surface area (Å²) < 4.78 is 13.1. The molecule has 0 radical (unpaired) electrons. The molecule has 2 aliphatic heterocycles. The molecule has 0 saturated carbocycles.